The van der Waals surface area contributed by atoms with E-state index in [1.54, 1.807) is 12.1 Å². The number of H-pyrrole nitrogens is 1. The molecule has 0 aliphatic heterocycles. The number of hydrogen-bond donors (Lipinski definition) is 1. The van der Waals surface area contributed by atoms with Crippen molar-refractivity contribution in [1.82, 2.24) is 15.2 Å². The van der Waals surface area contributed by atoms with Crippen LogP contribution in [0.25, 0.3) is 11.4 Å². The second-order valence-electron chi connectivity index (χ2n) is 3.64. The molecule has 1 N–H and O–H groups in total. The molecule has 0 aliphatic carbocycles. The van der Waals surface area contributed by atoms with Crippen molar-refractivity contribution in [3.63, 3.8) is 0 Å². The first kappa shape index (κ1) is 13.7. The third kappa shape index (κ3) is 3.37. The van der Waals surface area contributed by atoms with Gasteiger partial charge in [0.1, 0.15) is 0 Å². The molecule has 2 rings (SSSR count). The van der Waals surface area contributed by atoms with Crippen molar-refractivity contribution in [2.45, 2.75) is 11.3 Å². The van der Waals surface area contributed by atoms with Gasteiger partial charge in [0, 0.05) is 11.3 Å². The molecule has 2 aromatic rings. The molecule has 100 valence electrons. The maximum absolute atomic E-state index is 12.6. The second kappa shape index (κ2) is 5.48. The van der Waals surface area contributed by atoms with Crippen LogP contribution in [-0.2, 0) is 6.18 Å². The van der Waals surface area contributed by atoms with E-state index in [0.717, 1.165) is 12.1 Å². The summed E-state index contributed by atoms with van der Waals surface area (Å²) < 4.78 is 37.8. The number of aromatic nitrogens is 3. The largest absolute Gasteiger partial charge is 0.416 e. The number of thioether (sulfide) groups is 1. The van der Waals surface area contributed by atoms with Crippen molar-refractivity contribution in [2.24, 2.45) is 0 Å². The highest BCUT2D eigenvalue weighted by atomic mass is 32.2. The molecule has 1 aromatic heterocycles. The summed E-state index contributed by atoms with van der Waals surface area (Å²) in [4.78, 5) is 4.12. The predicted octanol–water partition coefficient (Wildman–Crippen LogP) is 3.77. The van der Waals surface area contributed by atoms with Crippen LogP contribution >= 0.6 is 11.8 Å². The van der Waals surface area contributed by atoms with Crippen LogP contribution < -0.4 is 0 Å². The lowest BCUT2D eigenvalue weighted by Gasteiger charge is -2.06. The van der Waals surface area contributed by atoms with E-state index in [-0.39, 0.29) is 0 Å². The van der Waals surface area contributed by atoms with Crippen molar-refractivity contribution in [3.8, 4) is 11.4 Å². The molecule has 0 fully saturated rings. The van der Waals surface area contributed by atoms with Crippen molar-refractivity contribution >= 4 is 11.8 Å². The Bertz CT molecular complexity index is 578. The number of aromatic amines is 1. The van der Waals surface area contributed by atoms with Crippen molar-refractivity contribution in [1.29, 1.82) is 0 Å². The summed E-state index contributed by atoms with van der Waals surface area (Å²) in [5, 5.41) is 7.02. The van der Waals surface area contributed by atoms with E-state index in [4.69, 9.17) is 0 Å². The molecule has 0 unspecified atom stereocenters. The van der Waals surface area contributed by atoms with Gasteiger partial charge in [0.15, 0.2) is 5.82 Å². The number of alkyl halides is 3. The summed E-state index contributed by atoms with van der Waals surface area (Å²) in [6, 6.07) is 4.96. The minimum Gasteiger partial charge on any atom is -0.258 e. The molecule has 19 heavy (non-hydrogen) atoms. The molecule has 7 heteroatoms. The smallest absolute Gasteiger partial charge is 0.258 e. The lowest BCUT2D eigenvalue weighted by Crippen LogP contribution is -2.04. The molecule has 0 radical (unpaired) electrons. The molecule has 0 bridgehead atoms. The van der Waals surface area contributed by atoms with Gasteiger partial charge in [-0.05, 0) is 12.1 Å². The van der Waals surface area contributed by atoms with Gasteiger partial charge in [-0.3, -0.25) is 5.10 Å². The van der Waals surface area contributed by atoms with Crippen LogP contribution in [0.5, 0.6) is 0 Å². The average Bonchev–Trinajstić information content (AvgIpc) is 2.84. The molecule has 0 aliphatic rings. The van der Waals surface area contributed by atoms with Crippen LogP contribution in [0.1, 0.15) is 5.56 Å². The van der Waals surface area contributed by atoms with Gasteiger partial charge in [0.05, 0.1) is 5.56 Å². The summed E-state index contributed by atoms with van der Waals surface area (Å²) in [6.45, 7) is 3.57. The van der Waals surface area contributed by atoms with Crippen LogP contribution in [-0.4, -0.2) is 20.9 Å². The highest BCUT2D eigenvalue weighted by molar-refractivity contribution is 7.99. The van der Waals surface area contributed by atoms with E-state index in [0.29, 0.717) is 22.3 Å². The molecular weight excluding hydrogens is 275 g/mol. The summed E-state index contributed by atoms with van der Waals surface area (Å²) in [7, 11) is 0. The summed E-state index contributed by atoms with van der Waals surface area (Å²) in [5.41, 5.74) is -0.352. The first-order chi connectivity index (χ1) is 9.00. The summed E-state index contributed by atoms with van der Waals surface area (Å²) in [6.07, 6.45) is -2.67. The van der Waals surface area contributed by atoms with E-state index < -0.39 is 11.7 Å². The van der Waals surface area contributed by atoms with E-state index >= 15 is 0 Å². The van der Waals surface area contributed by atoms with Gasteiger partial charge in [-0.2, -0.15) is 13.2 Å². The van der Waals surface area contributed by atoms with E-state index in [1.807, 2.05) is 0 Å². The first-order valence-electron chi connectivity index (χ1n) is 5.34. The van der Waals surface area contributed by atoms with Gasteiger partial charge in [-0.1, -0.05) is 30.0 Å². The predicted molar refractivity (Wildman–Crippen MR) is 67.7 cm³/mol. The van der Waals surface area contributed by atoms with Crippen LogP contribution in [0.3, 0.4) is 0 Å². The topological polar surface area (TPSA) is 41.6 Å². The van der Waals surface area contributed by atoms with E-state index in [1.165, 1.54) is 17.8 Å². The number of halogens is 3. The van der Waals surface area contributed by atoms with Gasteiger partial charge >= 0.3 is 6.18 Å². The molecule has 0 atom stereocenters. The van der Waals surface area contributed by atoms with Crippen LogP contribution in [0, 0.1) is 0 Å². The van der Waals surface area contributed by atoms with Crippen LogP contribution in [0.4, 0.5) is 13.2 Å². The Balaban J connectivity index is 2.26. The Morgan fingerprint density at radius 3 is 2.84 bits per heavy atom. The van der Waals surface area contributed by atoms with E-state index in [9.17, 15) is 13.2 Å². The second-order valence-corrected chi connectivity index (χ2v) is 4.63. The zero-order chi connectivity index (χ0) is 13.9. The quantitative estimate of drug-likeness (QED) is 0.687. The Kier molecular flexibility index (Phi) is 3.94. The minimum atomic E-state index is -4.36. The maximum Gasteiger partial charge on any atom is 0.416 e. The first-order valence-corrected chi connectivity index (χ1v) is 6.33. The van der Waals surface area contributed by atoms with Gasteiger partial charge < -0.3 is 0 Å². The normalized spacial score (nSPS) is 11.5. The standard InChI is InChI=1S/C12H10F3N3S/c1-2-6-19-11-16-10(17-18-11)8-4-3-5-9(7-8)12(13,14)15/h2-5,7H,1,6H2,(H,16,17,18). The highest BCUT2D eigenvalue weighted by Crippen LogP contribution is 2.31. The average molecular weight is 285 g/mol. The number of hydrogen-bond acceptors (Lipinski definition) is 3. The Morgan fingerprint density at radius 1 is 1.37 bits per heavy atom. The summed E-state index contributed by atoms with van der Waals surface area (Å²) in [5.74, 6) is 0.956. The summed E-state index contributed by atoms with van der Waals surface area (Å²) >= 11 is 1.35. The Labute approximate surface area is 111 Å². The van der Waals surface area contributed by atoms with Crippen LogP contribution in [0.2, 0.25) is 0 Å². The Morgan fingerprint density at radius 2 is 2.16 bits per heavy atom. The maximum atomic E-state index is 12.6. The van der Waals surface area contributed by atoms with Gasteiger partial charge in [-0.25, -0.2) is 4.98 Å². The zero-order valence-electron chi connectivity index (χ0n) is 9.74. The Hall–Kier alpha value is -1.76. The third-order valence-corrected chi connectivity index (χ3v) is 3.10. The van der Waals surface area contributed by atoms with Crippen LogP contribution in [0.15, 0.2) is 42.1 Å². The van der Waals surface area contributed by atoms with E-state index in [2.05, 4.69) is 21.8 Å². The molecule has 0 spiro atoms. The van der Waals surface area contributed by atoms with Gasteiger partial charge in [-0.15, -0.1) is 11.7 Å². The monoisotopic (exact) mass is 285 g/mol. The molecule has 0 saturated carbocycles. The highest BCUT2D eigenvalue weighted by Gasteiger charge is 2.30. The molecule has 1 heterocycles. The minimum absolute atomic E-state index is 0.317. The van der Waals surface area contributed by atoms with Gasteiger partial charge in [0.2, 0.25) is 5.16 Å². The lowest BCUT2D eigenvalue weighted by molar-refractivity contribution is -0.137. The zero-order valence-corrected chi connectivity index (χ0v) is 10.6. The number of benzene rings is 1. The van der Waals surface area contributed by atoms with Gasteiger partial charge in [0.25, 0.3) is 0 Å². The number of rotatable bonds is 4. The molecular formula is C12H10F3N3S. The lowest BCUT2D eigenvalue weighted by atomic mass is 10.1. The fraction of sp³-hybridized carbons (Fsp3) is 0.167. The molecule has 0 amide bonds. The third-order valence-electron chi connectivity index (χ3n) is 2.26. The molecule has 1 aromatic carbocycles. The van der Waals surface area contributed by atoms with Crippen molar-refractivity contribution < 1.29 is 13.2 Å². The fourth-order valence-corrected chi connectivity index (χ4v) is 1.95. The molecule has 3 nitrogen and oxygen atoms in total. The van der Waals surface area contributed by atoms with Crippen molar-refractivity contribution in [2.75, 3.05) is 5.75 Å². The molecule has 0 saturated heterocycles. The fourth-order valence-electron chi connectivity index (χ4n) is 1.42. The number of nitrogens with zero attached hydrogens (tertiary/aromatic N) is 2. The SMILES string of the molecule is C=CCSc1n[nH]c(-c2cccc(C(F)(F)F)c2)n1. The number of nitrogens with one attached hydrogen (secondary N) is 1. The van der Waals surface area contributed by atoms with Crippen molar-refractivity contribution in [3.05, 3.63) is 42.5 Å².